The molecule has 10 heteroatoms. The molecule has 0 aliphatic rings. The number of carbonyl (C=O) groups is 2. The molecule has 3 atom stereocenters. The Kier molecular flexibility index (Phi) is 48.1. The number of esters is 1. The molecule has 0 saturated carbocycles. The van der Waals surface area contributed by atoms with Gasteiger partial charge in [0, 0.05) is 12.8 Å². The summed E-state index contributed by atoms with van der Waals surface area (Å²) in [4.78, 5) is 37.6. The van der Waals surface area contributed by atoms with Crippen molar-refractivity contribution in [1.82, 2.24) is 5.32 Å². The number of phosphoric acid groups is 1. The number of quaternary nitrogens is 1. The van der Waals surface area contributed by atoms with E-state index in [1.165, 1.54) is 148 Å². The van der Waals surface area contributed by atoms with Gasteiger partial charge in [-0.05, 0) is 51.0 Å². The van der Waals surface area contributed by atoms with Crippen molar-refractivity contribution in [3.63, 3.8) is 0 Å². The average molecular weight is 993 g/mol. The summed E-state index contributed by atoms with van der Waals surface area (Å²) < 4.78 is 30.6. The van der Waals surface area contributed by atoms with Crippen molar-refractivity contribution in [3.8, 4) is 0 Å². The molecule has 0 radical (unpaired) electrons. The normalized spacial score (nSPS) is 14.1. The summed E-state index contributed by atoms with van der Waals surface area (Å²) in [5.41, 5.74) is 0. The zero-order valence-electron chi connectivity index (χ0n) is 46.1. The SMILES string of the molecule is CC/C=C/C=C/C=C\CCCCCCCC(=O)OC(/C=C/CCCCCCCCCCCCC)C(COP(=O)(O)OCC[N+](C)(C)C)NC(=O)CCCCCCCCCCCCCCCCCCC. The van der Waals surface area contributed by atoms with Gasteiger partial charge in [-0.2, -0.15) is 0 Å². The lowest BCUT2D eigenvalue weighted by Gasteiger charge is -2.27. The van der Waals surface area contributed by atoms with Crippen LogP contribution < -0.4 is 5.32 Å². The van der Waals surface area contributed by atoms with Crippen LogP contribution in [0, 0.1) is 0 Å². The van der Waals surface area contributed by atoms with Gasteiger partial charge in [-0.1, -0.05) is 250 Å². The maximum absolute atomic E-state index is 13.5. The molecule has 0 spiro atoms. The second-order valence-corrected chi connectivity index (χ2v) is 22.3. The minimum atomic E-state index is -4.45. The number of ether oxygens (including phenoxy) is 1. The zero-order valence-corrected chi connectivity index (χ0v) is 47.0. The first-order valence-electron chi connectivity index (χ1n) is 29.0. The summed E-state index contributed by atoms with van der Waals surface area (Å²) >= 11 is 0. The molecule has 0 rings (SSSR count). The van der Waals surface area contributed by atoms with Crippen molar-refractivity contribution in [2.24, 2.45) is 0 Å². The number of hydrogen-bond donors (Lipinski definition) is 2. The summed E-state index contributed by atoms with van der Waals surface area (Å²) in [6.07, 6.45) is 59.6. The third-order valence-corrected chi connectivity index (χ3v) is 13.8. The summed E-state index contributed by atoms with van der Waals surface area (Å²) in [5.74, 6) is -0.521. The van der Waals surface area contributed by atoms with E-state index < -0.39 is 20.0 Å². The molecule has 0 aliphatic heterocycles. The highest BCUT2D eigenvalue weighted by Gasteiger charge is 2.30. The fraction of sp³-hybridized carbons (Fsp3) is 0.831. The molecule has 9 nitrogen and oxygen atoms in total. The number of nitrogens with one attached hydrogen (secondary N) is 1. The Bertz CT molecular complexity index is 1330. The molecule has 0 saturated heterocycles. The molecule has 3 unspecified atom stereocenters. The molecule has 0 heterocycles. The molecule has 404 valence electrons. The third kappa shape index (κ3) is 50.7. The van der Waals surface area contributed by atoms with Crippen LogP contribution in [0.4, 0.5) is 0 Å². The van der Waals surface area contributed by atoms with Crippen LogP contribution in [0.1, 0.15) is 265 Å². The van der Waals surface area contributed by atoms with Gasteiger partial charge in [0.05, 0.1) is 33.8 Å². The maximum Gasteiger partial charge on any atom is 0.472 e. The zero-order chi connectivity index (χ0) is 50.8. The van der Waals surface area contributed by atoms with E-state index >= 15 is 0 Å². The van der Waals surface area contributed by atoms with E-state index in [2.05, 4.69) is 62.5 Å². The molecular formula is C59H112N2O7P+. The third-order valence-electron chi connectivity index (χ3n) is 12.8. The number of carbonyl (C=O) groups excluding carboxylic acids is 2. The second kappa shape index (κ2) is 49.5. The fourth-order valence-electron chi connectivity index (χ4n) is 8.35. The van der Waals surface area contributed by atoms with Gasteiger partial charge in [-0.15, -0.1) is 0 Å². The Morgan fingerprint density at radius 3 is 1.38 bits per heavy atom. The smallest absolute Gasteiger partial charge is 0.456 e. The second-order valence-electron chi connectivity index (χ2n) is 20.9. The Balaban J connectivity index is 5.34. The van der Waals surface area contributed by atoms with Crippen LogP contribution >= 0.6 is 7.82 Å². The van der Waals surface area contributed by atoms with Crippen LogP contribution in [0.3, 0.4) is 0 Å². The Morgan fingerprint density at radius 2 is 0.928 bits per heavy atom. The molecule has 69 heavy (non-hydrogen) atoms. The summed E-state index contributed by atoms with van der Waals surface area (Å²) in [7, 11) is 1.49. The van der Waals surface area contributed by atoms with Crippen molar-refractivity contribution < 1.29 is 37.3 Å². The Morgan fingerprint density at radius 1 is 0.522 bits per heavy atom. The topological polar surface area (TPSA) is 111 Å². The van der Waals surface area contributed by atoms with E-state index in [0.29, 0.717) is 17.4 Å². The summed E-state index contributed by atoms with van der Waals surface area (Å²) in [6, 6.07) is -0.853. The van der Waals surface area contributed by atoms with E-state index in [-0.39, 0.29) is 31.5 Å². The van der Waals surface area contributed by atoms with Crippen molar-refractivity contribution in [2.75, 3.05) is 40.9 Å². The van der Waals surface area contributed by atoms with Gasteiger partial charge in [0.15, 0.2) is 0 Å². The number of amides is 1. The van der Waals surface area contributed by atoms with Crippen LogP contribution in [0.2, 0.25) is 0 Å². The number of rotatable bonds is 52. The summed E-state index contributed by atoms with van der Waals surface area (Å²) in [6.45, 7) is 6.88. The molecule has 0 bridgehead atoms. The van der Waals surface area contributed by atoms with Gasteiger partial charge in [0.25, 0.3) is 0 Å². The highest BCUT2D eigenvalue weighted by atomic mass is 31.2. The molecule has 0 fully saturated rings. The van der Waals surface area contributed by atoms with Crippen molar-refractivity contribution in [3.05, 3.63) is 48.6 Å². The fourth-order valence-corrected chi connectivity index (χ4v) is 9.09. The monoisotopic (exact) mass is 992 g/mol. The lowest BCUT2D eigenvalue weighted by atomic mass is 10.0. The highest BCUT2D eigenvalue weighted by Crippen LogP contribution is 2.43. The average Bonchev–Trinajstić information content (AvgIpc) is 3.31. The lowest BCUT2D eigenvalue weighted by Crippen LogP contribution is -2.47. The first-order valence-corrected chi connectivity index (χ1v) is 30.5. The predicted molar refractivity (Wildman–Crippen MR) is 295 cm³/mol. The molecule has 0 aromatic carbocycles. The Labute approximate surface area is 427 Å². The standard InChI is InChI=1S/C59H111N2O7P/c1-7-10-13-16-19-22-25-28-29-30-31-34-36-39-42-45-48-51-58(62)60-56(55-67-69(64,65)66-54-53-61(4,5)6)57(50-47-44-41-38-35-32-26-23-20-17-14-11-8-2)68-59(63)52-49-46-43-40-37-33-27-24-21-18-15-12-9-3/h12,15,18,21,24,27,47,50,56-57H,7-11,13-14,16-17,19-20,22-23,25-26,28-46,48-49,51-55H2,1-6H3,(H-,60,62,64,65)/p+1/b15-12+,21-18+,27-24-,50-47+. The van der Waals surface area contributed by atoms with Crippen LogP contribution in [-0.2, 0) is 27.9 Å². The van der Waals surface area contributed by atoms with E-state index in [0.717, 1.165) is 83.5 Å². The molecule has 0 aliphatic carbocycles. The molecule has 0 aromatic rings. The van der Waals surface area contributed by atoms with Gasteiger partial charge in [0.2, 0.25) is 5.91 Å². The quantitative estimate of drug-likeness (QED) is 0.0156. The highest BCUT2D eigenvalue weighted by molar-refractivity contribution is 7.47. The summed E-state index contributed by atoms with van der Waals surface area (Å²) in [5, 5.41) is 3.05. The van der Waals surface area contributed by atoms with E-state index in [1.807, 2.05) is 33.3 Å². The minimum Gasteiger partial charge on any atom is -0.456 e. The van der Waals surface area contributed by atoms with Gasteiger partial charge in [-0.25, -0.2) is 4.57 Å². The van der Waals surface area contributed by atoms with Gasteiger partial charge in [-0.3, -0.25) is 18.6 Å². The van der Waals surface area contributed by atoms with E-state index in [4.69, 9.17) is 13.8 Å². The number of hydrogen-bond acceptors (Lipinski definition) is 6. The van der Waals surface area contributed by atoms with Crippen molar-refractivity contribution >= 4 is 19.7 Å². The number of likely N-dealkylation sites (N-methyl/N-ethyl adjacent to an activating group) is 1. The predicted octanol–water partition coefficient (Wildman–Crippen LogP) is 17.3. The van der Waals surface area contributed by atoms with E-state index in [9.17, 15) is 19.0 Å². The molecule has 1 amide bonds. The van der Waals surface area contributed by atoms with Crippen molar-refractivity contribution in [1.29, 1.82) is 0 Å². The van der Waals surface area contributed by atoms with Crippen LogP contribution in [-0.4, -0.2) is 74.3 Å². The number of unbranched alkanes of at least 4 members (excludes halogenated alkanes) is 32. The number of nitrogens with zero attached hydrogens (tertiary/aromatic N) is 1. The largest absolute Gasteiger partial charge is 0.472 e. The van der Waals surface area contributed by atoms with Crippen LogP contribution in [0.25, 0.3) is 0 Å². The van der Waals surface area contributed by atoms with Crippen LogP contribution in [0.5, 0.6) is 0 Å². The molecular weight excluding hydrogens is 880 g/mol. The van der Waals surface area contributed by atoms with Crippen LogP contribution in [0.15, 0.2) is 48.6 Å². The maximum atomic E-state index is 13.5. The van der Waals surface area contributed by atoms with Gasteiger partial charge < -0.3 is 19.4 Å². The first-order chi connectivity index (χ1) is 33.4. The number of allylic oxidation sites excluding steroid dienone is 7. The first kappa shape index (κ1) is 67.0. The van der Waals surface area contributed by atoms with Gasteiger partial charge >= 0.3 is 13.8 Å². The van der Waals surface area contributed by atoms with Gasteiger partial charge in [0.1, 0.15) is 19.3 Å². The van der Waals surface area contributed by atoms with Crippen molar-refractivity contribution in [2.45, 2.75) is 277 Å². The molecule has 2 N–H and O–H groups in total. The lowest BCUT2D eigenvalue weighted by molar-refractivity contribution is -0.870. The Hall–Kier alpha value is -2.03. The van der Waals surface area contributed by atoms with E-state index in [1.54, 1.807) is 0 Å². The minimum absolute atomic E-state index is 0.0376. The molecule has 0 aromatic heterocycles. The number of phosphoric ester groups is 1.